The van der Waals surface area contributed by atoms with Crippen LogP contribution < -0.4 is 20.9 Å². The standard InChI is InChI=1S/C23H25N5.C11H16N2.ClH/c24-14-19-6-8-20(9-7-19)17-28-18-25-15-23(28)16-26-21-10-12-27(13-11-21)22-4-2-1-3-5-22;12-10-6-8-13(9-7-10)11-4-2-1-3-5-11;/h1-9,15,18,21,26H,10-13,16-17H2;1-5,10H,6-9,12H2;1H. The van der Waals surface area contributed by atoms with E-state index in [4.69, 9.17) is 11.0 Å². The van der Waals surface area contributed by atoms with Gasteiger partial charge < -0.3 is 25.4 Å². The molecule has 0 unspecified atom stereocenters. The van der Waals surface area contributed by atoms with Crippen molar-refractivity contribution in [3.05, 3.63) is 114 Å². The van der Waals surface area contributed by atoms with Crippen molar-refractivity contribution in [2.24, 2.45) is 5.73 Å². The summed E-state index contributed by atoms with van der Waals surface area (Å²) >= 11 is 0. The van der Waals surface area contributed by atoms with Gasteiger partial charge in [-0.2, -0.15) is 5.26 Å². The van der Waals surface area contributed by atoms with Crippen LogP contribution in [0.4, 0.5) is 11.4 Å². The largest absolute Gasteiger partial charge is 0.371 e. The van der Waals surface area contributed by atoms with Gasteiger partial charge in [-0.1, -0.05) is 48.5 Å². The molecule has 2 aliphatic heterocycles. The number of anilines is 2. The minimum Gasteiger partial charge on any atom is -0.371 e. The van der Waals surface area contributed by atoms with Crippen LogP contribution >= 0.6 is 12.4 Å². The monoisotopic (exact) mass is 583 g/mol. The number of halogens is 1. The molecule has 0 bridgehead atoms. The number of imidazole rings is 1. The van der Waals surface area contributed by atoms with E-state index in [9.17, 15) is 0 Å². The van der Waals surface area contributed by atoms with Gasteiger partial charge in [0.15, 0.2) is 0 Å². The molecule has 4 aromatic rings. The van der Waals surface area contributed by atoms with Gasteiger partial charge in [-0.3, -0.25) is 0 Å². The van der Waals surface area contributed by atoms with Crippen molar-refractivity contribution in [1.82, 2.24) is 14.9 Å². The van der Waals surface area contributed by atoms with E-state index in [1.807, 2.05) is 36.8 Å². The number of nitriles is 1. The van der Waals surface area contributed by atoms with Crippen LogP contribution in [-0.4, -0.2) is 47.8 Å². The lowest BCUT2D eigenvalue weighted by molar-refractivity contribution is 0.409. The molecule has 3 aromatic carbocycles. The second kappa shape index (κ2) is 16.0. The zero-order chi connectivity index (χ0) is 28.3. The van der Waals surface area contributed by atoms with Gasteiger partial charge >= 0.3 is 0 Å². The van der Waals surface area contributed by atoms with E-state index in [0.29, 0.717) is 17.6 Å². The first-order valence-corrected chi connectivity index (χ1v) is 14.7. The summed E-state index contributed by atoms with van der Waals surface area (Å²) in [6.07, 6.45) is 8.37. The van der Waals surface area contributed by atoms with Crippen molar-refractivity contribution < 1.29 is 0 Å². The lowest BCUT2D eigenvalue weighted by Gasteiger charge is -2.34. The molecule has 0 spiro atoms. The maximum atomic E-state index is 8.93. The Labute approximate surface area is 256 Å². The zero-order valence-corrected chi connectivity index (χ0v) is 25.0. The maximum Gasteiger partial charge on any atom is 0.0991 e. The Morgan fingerprint density at radius 2 is 1.33 bits per heavy atom. The molecular weight excluding hydrogens is 542 g/mol. The average molecular weight is 584 g/mol. The minimum atomic E-state index is 0. The van der Waals surface area contributed by atoms with E-state index >= 15 is 0 Å². The summed E-state index contributed by atoms with van der Waals surface area (Å²) in [4.78, 5) is 9.20. The fraction of sp³-hybridized carbons (Fsp3) is 0.353. The summed E-state index contributed by atoms with van der Waals surface area (Å²) in [5, 5.41) is 12.6. The van der Waals surface area contributed by atoms with Crippen LogP contribution in [0.15, 0.2) is 97.5 Å². The molecule has 6 rings (SSSR count). The molecule has 2 saturated heterocycles. The molecule has 7 nitrogen and oxygen atoms in total. The third kappa shape index (κ3) is 8.83. The fourth-order valence-electron chi connectivity index (χ4n) is 5.55. The van der Waals surface area contributed by atoms with E-state index in [-0.39, 0.29) is 12.4 Å². The molecule has 0 saturated carbocycles. The maximum absolute atomic E-state index is 8.93. The number of hydrogen-bond donors (Lipinski definition) is 2. The van der Waals surface area contributed by atoms with E-state index in [0.717, 1.165) is 65.0 Å². The van der Waals surface area contributed by atoms with Gasteiger partial charge in [-0.15, -0.1) is 12.4 Å². The quantitative estimate of drug-likeness (QED) is 0.295. The molecule has 42 heavy (non-hydrogen) atoms. The number of aromatic nitrogens is 2. The van der Waals surface area contributed by atoms with Gasteiger partial charge in [0.25, 0.3) is 0 Å². The predicted octanol–water partition coefficient (Wildman–Crippen LogP) is 5.60. The van der Waals surface area contributed by atoms with Crippen LogP contribution in [0.3, 0.4) is 0 Å². The first kappa shape index (κ1) is 31.1. The lowest BCUT2D eigenvalue weighted by Crippen LogP contribution is -2.42. The summed E-state index contributed by atoms with van der Waals surface area (Å²) in [6.45, 7) is 5.98. The second-order valence-corrected chi connectivity index (χ2v) is 11.0. The molecule has 2 fully saturated rings. The Morgan fingerprint density at radius 3 is 1.88 bits per heavy atom. The molecule has 0 aliphatic carbocycles. The third-order valence-corrected chi connectivity index (χ3v) is 8.08. The van der Waals surface area contributed by atoms with E-state index in [1.165, 1.54) is 22.6 Å². The molecule has 8 heteroatoms. The molecule has 3 heterocycles. The van der Waals surface area contributed by atoms with Crippen LogP contribution in [0.1, 0.15) is 42.5 Å². The average Bonchev–Trinajstić information content (AvgIpc) is 3.49. The molecule has 0 radical (unpaired) electrons. The first-order chi connectivity index (χ1) is 20.2. The van der Waals surface area contributed by atoms with Gasteiger partial charge in [0.1, 0.15) is 0 Å². The molecular formula is C34H42ClN7. The van der Waals surface area contributed by atoms with Crippen LogP contribution in [0.25, 0.3) is 0 Å². The molecule has 0 atom stereocenters. The SMILES string of the molecule is Cl.N#Cc1ccc(Cn2cncc2CNC2CCN(c3ccccc3)CC2)cc1.NC1CCN(c2ccccc2)CC1. The number of nitrogens with two attached hydrogens (primary N) is 1. The summed E-state index contributed by atoms with van der Waals surface area (Å²) in [7, 11) is 0. The predicted molar refractivity (Wildman–Crippen MR) is 174 cm³/mol. The van der Waals surface area contributed by atoms with Crippen LogP contribution in [-0.2, 0) is 13.1 Å². The van der Waals surface area contributed by atoms with Crippen molar-refractivity contribution in [2.75, 3.05) is 36.0 Å². The second-order valence-electron chi connectivity index (χ2n) is 11.0. The fourth-order valence-corrected chi connectivity index (χ4v) is 5.55. The molecule has 2 aliphatic rings. The van der Waals surface area contributed by atoms with Gasteiger partial charge in [0, 0.05) is 68.9 Å². The normalized spacial score (nSPS) is 15.7. The smallest absolute Gasteiger partial charge is 0.0991 e. The number of rotatable bonds is 7. The summed E-state index contributed by atoms with van der Waals surface area (Å²) in [5.41, 5.74) is 11.6. The van der Waals surface area contributed by atoms with E-state index in [1.54, 1.807) is 0 Å². The van der Waals surface area contributed by atoms with Crippen molar-refractivity contribution in [3.8, 4) is 6.07 Å². The first-order valence-electron chi connectivity index (χ1n) is 14.7. The van der Waals surface area contributed by atoms with E-state index in [2.05, 4.69) is 91.4 Å². The Morgan fingerprint density at radius 1 is 0.786 bits per heavy atom. The Hall–Kier alpha value is -3.83. The van der Waals surface area contributed by atoms with Gasteiger partial charge in [-0.25, -0.2) is 4.98 Å². The number of nitrogens with zero attached hydrogens (tertiary/aromatic N) is 5. The molecule has 1 aromatic heterocycles. The number of piperidine rings is 2. The highest BCUT2D eigenvalue weighted by molar-refractivity contribution is 5.85. The highest BCUT2D eigenvalue weighted by Crippen LogP contribution is 2.20. The van der Waals surface area contributed by atoms with Crippen molar-refractivity contribution in [1.29, 1.82) is 5.26 Å². The highest BCUT2D eigenvalue weighted by Gasteiger charge is 2.19. The van der Waals surface area contributed by atoms with Gasteiger partial charge in [0.2, 0.25) is 0 Å². The number of para-hydroxylation sites is 2. The number of nitrogens with one attached hydrogen (secondary N) is 1. The lowest BCUT2D eigenvalue weighted by atomic mass is 10.0. The number of hydrogen-bond acceptors (Lipinski definition) is 6. The van der Waals surface area contributed by atoms with Gasteiger partial charge in [-0.05, 0) is 67.6 Å². The van der Waals surface area contributed by atoms with Crippen molar-refractivity contribution >= 4 is 23.8 Å². The Balaban J connectivity index is 0.000000243. The van der Waals surface area contributed by atoms with E-state index < -0.39 is 0 Å². The van der Waals surface area contributed by atoms with Crippen LogP contribution in [0.5, 0.6) is 0 Å². The minimum absolute atomic E-state index is 0. The third-order valence-electron chi connectivity index (χ3n) is 8.08. The van der Waals surface area contributed by atoms with Crippen molar-refractivity contribution in [2.45, 2.75) is 50.9 Å². The Kier molecular flexibility index (Phi) is 11.8. The zero-order valence-electron chi connectivity index (χ0n) is 24.2. The highest BCUT2D eigenvalue weighted by atomic mass is 35.5. The molecule has 0 amide bonds. The van der Waals surface area contributed by atoms with Crippen LogP contribution in [0, 0.1) is 11.3 Å². The molecule has 220 valence electrons. The molecule has 3 N–H and O–H groups in total. The van der Waals surface area contributed by atoms with Gasteiger partial charge in [0.05, 0.1) is 23.7 Å². The van der Waals surface area contributed by atoms with Crippen molar-refractivity contribution in [3.63, 3.8) is 0 Å². The summed E-state index contributed by atoms with van der Waals surface area (Å²) < 4.78 is 2.17. The number of benzene rings is 3. The van der Waals surface area contributed by atoms with Crippen LogP contribution in [0.2, 0.25) is 0 Å². The topological polar surface area (TPSA) is 86.1 Å². The Bertz CT molecular complexity index is 1350. The summed E-state index contributed by atoms with van der Waals surface area (Å²) in [6, 6.07) is 32.1. The summed E-state index contributed by atoms with van der Waals surface area (Å²) in [5.74, 6) is 0.